The minimum atomic E-state index is -3.53. The van der Waals surface area contributed by atoms with Gasteiger partial charge in [0.15, 0.2) is 0 Å². The third-order valence-electron chi connectivity index (χ3n) is 6.95. The van der Waals surface area contributed by atoms with Crippen LogP contribution in [-0.4, -0.2) is 59.3 Å². The molecule has 0 aliphatic heterocycles. The van der Waals surface area contributed by atoms with Crippen molar-refractivity contribution in [2.24, 2.45) is 5.92 Å². The number of hydrogen-bond donors (Lipinski definition) is 0. The predicted molar refractivity (Wildman–Crippen MR) is 128 cm³/mol. The summed E-state index contributed by atoms with van der Waals surface area (Å²) in [6, 6.07) is 5.51. The lowest BCUT2D eigenvalue weighted by Gasteiger charge is -2.33. The highest BCUT2D eigenvalue weighted by Gasteiger charge is 2.26. The Morgan fingerprint density at radius 3 is 2.38 bits per heavy atom. The quantitative estimate of drug-likeness (QED) is 0.563. The molecule has 7 nitrogen and oxygen atoms in total. The van der Waals surface area contributed by atoms with Gasteiger partial charge in [0.1, 0.15) is 5.82 Å². The van der Waals surface area contributed by atoms with Crippen molar-refractivity contribution in [2.45, 2.75) is 83.7 Å². The van der Waals surface area contributed by atoms with Crippen LogP contribution in [0.2, 0.25) is 0 Å². The molecule has 1 aliphatic carbocycles. The van der Waals surface area contributed by atoms with E-state index in [0.717, 1.165) is 36.6 Å². The van der Waals surface area contributed by atoms with Crippen molar-refractivity contribution < 1.29 is 13.2 Å². The third-order valence-corrected chi connectivity index (χ3v) is 8.99. The van der Waals surface area contributed by atoms with Gasteiger partial charge in [0.05, 0.1) is 15.9 Å². The van der Waals surface area contributed by atoms with Crippen molar-refractivity contribution >= 4 is 27.0 Å². The maximum Gasteiger partial charge on any atom is 0.243 e. The molecule has 0 bridgehead atoms. The molecular formula is C24H38N4O3S. The van der Waals surface area contributed by atoms with Crippen LogP contribution in [0.5, 0.6) is 0 Å². The summed E-state index contributed by atoms with van der Waals surface area (Å²) in [5.74, 6) is 1.75. The first-order chi connectivity index (χ1) is 15.2. The summed E-state index contributed by atoms with van der Waals surface area (Å²) in [6.07, 6.45) is 5.50. The summed E-state index contributed by atoms with van der Waals surface area (Å²) in [6.45, 7) is 9.59. The highest BCUT2D eigenvalue weighted by Crippen LogP contribution is 2.27. The zero-order valence-electron chi connectivity index (χ0n) is 20.2. The number of aromatic nitrogens is 2. The molecular weight excluding hydrogens is 424 g/mol. The van der Waals surface area contributed by atoms with Gasteiger partial charge in [-0.15, -0.1) is 0 Å². The summed E-state index contributed by atoms with van der Waals surface area (Å²) in [5.41, 5.74) is 1.57. The summed E-state index contributed by atoms with van der Waals surface area (Å²) in [7, 11) is -1.61. The molecule has 1 aromatic heterocycles. The smallest absolute Gasteiger partial charge is 0.243 e. The van der Waals surface area contributed by atoms with E-state index in [-0.39, 0.29) is 10.8 Å². The lowest BCUT2D eigenvalue weighted by atomic mass is 9.86. The van der Waals surface area contributed by atoms with E-state index < -0.39 is 10.0 Å². The van der Waals surface area contributed by atoms with Crippen molar-refractivity contribution in [3.05, 3.63) is 24.0 Å². The van der Waals surface area contributed by atoms with Crippen LogP contribution in [0.25, 0.3) is 11.0 Å². The Balaban J connectivity index is 1.77. The van der Waals surface area contributed by atoms with Gasteiger partial charge in [-0.1, -0.05) is 20.8 Å². The molecule has 1 amide bonds. The summed E-state index contributed by atoms with van der Waals surface area (Å²) >= 11 is 0. The molecule has 0 spiro atoms. The number of carbonyl (C=O) groups excluding carboxylic acids is 1. The molecule has 2 aromatic rings. The Morgan fingerprint density at radius 1 is 1.12 bits per heavy atom. The molecule has 0 saturated heterocycles. The number of carbonyl (C=O) groups is 1. The molecule has 0 unspecified atom stereocenters. The molecule has 1 aliphatic rings. The van der Waals surface area contributed by atoms with Crippen LogP contribution < -0.4 is 0 Å². The van der Waals surface area contributed by atoms with Gasteiger partial charge in [-0.2, -0.15) is 4.31 Å². The van der Waals surface area contributed by atoms with Crippen LogP contribution >= 0.6 is 0 Å². The first kappa shape index (κ1) is 24.7. The van der Waals surface area contributed by atoms with Crippen molar-refractivity contribution in [3.63, 3.8) is 0 Å². The summed E-state index contributed by atoms with van der Waals surface area (Å²) < 4.78 is 29.3. The van der Waals surface area contributed by atoms with Crippen LogP contribution in [0.1, 0.15) is 65.6 Å². The third kappa shape index (κ3) is 5.01. The minimum Gasteiger partial charge on any atom is -0.343 e. The average Bonchev–Trinajstić information content (AvgIpc) is 3.14. The van der Waals surface area contributed by atoms with Crippen LogP contribution in [0, 0.1) is 5.92 Å². The molecule has 1 aromatic carbocycles. The number of imidazole rings is 1. The van der Waals surface area contributed by atoms with E-state index in [0.29, 0.717) is 37.5 Å². The van der Waals surface area contributed by atoms with E-state index in [1.165, 1.54) is 17.1 Å². The molecule has 1 saturated carbocycles. The van der Waals surface area contributed by atoms with Crippen LogP contribution in [0.15, 0.2) is 23.1 Å². The van der Waals surface area contributed by atoms with Gasteiger partial charge in [-0.05, 0) is 56.7 Å². The Bertz CT molecular complexity index is 1030. The number of fused-ring (bicyclic) bond motifs is 1. The molecule has 1 heterocycles. The van der Waals surface area contributed by atoms with Crippen molar-refractivity contribution in [3.8, 4) is 0 Å². The normalized spacial score (nSPS) is 19.6. The van der Waals surface area contributed by atoms with Gasteiger partial charge in [0.25, 0.3) is 0 Å². The van der Waals surface area contributed by atoms with E-state index in [1.807, 2.05) is 38.8 Å². The van der Waals surface area contributed by atoms with Gasteiger partial charge in [-0.25, -0.2) is 13.4 Å². The van der Waals surface area contributed by atoms with Gasteiger partial charge >= 0.3 is 0 Å². The number of benzene rings is 1. The molecule has 8 heteroatoms. The predicted octanol–water partition coefficient (Wildman–Crippen LogP) is 4.06. The van der Waals surface area contributed by atoms with E-state index in [1.54, 1.807) is 12.1 Å². The topological polar surface area (TPSA) is 75.5 Å². The number of aryl methyl sites for hydroxylation is 2. The van der Waals surface area contributed by atoms with Crippen LogP contribution in [-0.2, 0) is 27.8 Å². The van der Waals surface area contributed by atoms with Crippen molar-refractivity contribution in [1.82, 2.24) is 18.8 Å². The molecule has 0 radical (unpaired) electrons. The van der Waals surface area contributed by atoms with Crippen LogP contribution in [0.3, 0.4) is 0 Å². The first-order valence-corrected chi connectivity index (χ1v) is 13.4. The average molecular weight is 463 g/mol. The Labute approximate surface area is 192 Å². The Hall–Kier alpha value is -1.93. The van der Waals surface area contributed by atoms with Gasteiger partial charge in [0, 0.05) is 45.6 Å². The first-order valence-electron chi connectivity index (χ1n) is 12.0. The Kier molecular flexibility index (Phi) is 7.98. The summed E-state index contributed by atoms with van der Waals surface area (Å²) in [5, 5.41) is 0. The SMILES string of the molecule is CCN(CC)S(=O)(=O)c1ccc2c(c1)nc(CCC(=O)N(C)C1CCC(C)CC1)n2CC. The van der Waals surface area contributed by atoms with E-state index in [4.69, 9.17) is 4.98 Å². The molecule has 0 atom stereocenters. The van der Waals surface area contributed by atoms with E-state index in [2.05, 4.69) is 11.5 Å². The number of nitrogens with zero attached hydrogens (tertiary/aromatic N) is 4. The fraction of sp³-hybridized carbons (Fsp3) is 0.667. The maximum atomic E-state index is 12.9. The molecule has 3 rings (SSSR count). The monoisotopic (exact) mass is 462 g/mol. The highest BCUT2D eigenvalue weighted by atomic mass is 32.2. The molecule has 32 heavy (non-hydrogen) atoms. The number of rotatable bonds is 9. The molecule has 1 fully saturated rings. The molecule has 178 valence electrons. The number of hydrogen-bond acceptors (Lipinski definition) is 4. The zero-order chi connectivity index (χ0) is 23.5. The fourth-order valence-corrected chi connectivity index (χ4v) is 6.28. The zero-order valence-corrected chi connectivity index (χ0v) is 21.0. The van der Waals surface area contributed by atoms with E-state index in [9.17, 15) is 13.2 Å². The lowest BCUT2D eigenvalue weighted by molar-refractivity contribution is -0.132. The highest BCUT2D eigenvalue weighted by molar-refractivity contribution is 7.89. The fourth-order valence-electron chi connectivity index (χ4n) is 4.80. The number of sulfonamides is 1. The second-order valence-electron chi connectivity index (χ2n) is 8.93. The second-order valence-corrected chi connectivity index (χ2v) is 10.9. The van der Waals surface area contributed by atoms with Gasteiger partial charge in [0.2, 0.25) is 15.9 Å². The van der Waals surface area contributed by atoms with Gasteiger partial charge < -0.3 is 9.47 Å². The van der Waals surface area contributed by atoms with E-state index >= 15 is 0 Å². The van der Waals surface area contributed by atoms with Crippen molar-refractivity contribution in [2.75, 3.05) is 20.1 Å². The Morgan fingerprint density at radius 2 is 1.78 bits per heavy atom. The standard InChI is InChI=1S/C24H38N4O3S/c1-6-27(7-2)32(30,31)20-13-14-22-21(17-20)25-23(28(22)8-3)15-16-24(29)26(5)19-11-9-18(4)10-12-19/h13-14,17-19H,6-12,15-16H2,1-5H3. The largest absolute Gasteiger partial charge is 0.343 e. The maximum absolute atomic E-state index is 12.9. The summed E-state index contributed by atoms with van der Waals surface area (Å²) in [4.78, 5) is 19.8. The lowest BCUT2D eigenvalue weighted by Crippen LogP contribution is -2.39. The minimum absolute atomic E-state index is 0.157. The van der Waals surface area contributed by atoms with Crippen LogP contribution in [0.4, 0.5) is 0 Å². The van der Waals surface area contributed by atoms with Crippen molar-refractivity contribution in [1.29, 1.82) is 0 Å². The second kappa shape index (κ2) is 10.3. The molecule has 0 N–H and O–H groups in total. The van der Waals surface area contributed by atoms with Gasteiger partial charge in [-0.3, -0.25) is 4.79 Å². The number of amides is 1.